The Bertz CT molecular complexity index is 361. The van der Waals surface area contributed by atoms with Crippen molar-refractivity contribution in [2.75, 3.05) is 25.4 Å². The largest absolute Gasteiger partial charge is 0.491 e. The molecule has 2 rings (SSSR count). The third-order valence-electron chi connectivity index (χ3n) is 3.33. The fraction of sp³-hybridized carbons (Fsp3) is 0.538. The normalized spacial score (nSPS) is 19.3. The number of nitrogen functional groups attached to an aromatic ring is 1. The molecular weight excluding hydrogens is 200 g/mol. The van der Waals surface area contributed by atoms with Gasteiger partial charge in [0.2, 0.25) is 0 Å². The van der Waals surface area contributed by atoms with E-state index in [4.69, 9.17) is 10.5 Å². The van der Waals surface area contributed by atoms with Gasteiger partial charge in [-0.1, -0.05) is 26.0 Å². The summed E-state index contributed by atoms with van der Waals surface area (Å²) in [6, 6.07) is 6.51. The Morgan fingerprint density at radius 2 is 2.12 bits per heavy atom. The summed E-state index contributed by atoms with van der Waals surface area (Å²) in [4.78, 5) is 2.46. The van der Waals surface area contributed by atoms with Gasteiger partial charge >= 0.3 is 0 Å². The number of ether oxygens (including phenoxy) is 1. The lowest BCUT2D eigenvalue weighted by atomic mass is 9.98. The maximum atomic E-state index is 5.94. The van der Waals surface area contributed by atoms with Crippen molar-refractivity contribution in [3.05, 3.63) is 23.8 Å². The fourth-order valence-corrected chi connectivity index (χ4v) is 2.47. The van der Waals surface area contributed by atoms with Crippen molar-refractivity contribution in [3.8, 4) is 5.75 Å². The summed E-state index contributed by atoms with van der Waals surface area (Å²) in [7, 11) is 0. The molecule has 1 aliphatic rings. The molecule has 3 heteroatoms. The van der Waals surface area contributed by atoms with E-state index in [0.29, 0.717) is 6.04 Å². The zero-order chi connectivity index (χ0) is 11.5. The van der Waals surface area contributed by atoms with E-state index in [1.54, 1.807) is 0 Å². The van der Waals surface area contributed by atoms with Crippen molar-refractivity contribution >= 4 is 5.69 Å². The first-order valence-corrected chi connectivity index (χ1v) is 6.03. The van der Waals surface area contributed by atoms with Gasteiger partial charge < -0.3 is 10.5 Å². The molecule has 1 atom stereocenters. The van der Waals surface area contributed by atoms with E-state index in [9.17, 15) is 0 Å². The first-order valence-electron chi connectivity index (χ1n) is 6.03. The summed E-state index contributed by atoms with van der Waals surface area (Å²) in [5.74, 6) is 0.894. The Morgan fingerprint density at radius 1 is 1.38 bits per heavy atom. The number of para-hydroxylation sites is 1. The minimum Gasteiger partial charge on any atom is -0.491 e. The Balaban J connectivity index is 2.36. The van der Waals surface area contributed by atoms with Crippen LogP contribution in [0.1, 0.15) is 31.9 Å². The Hall–Kier alpha value is -1.22. The molecule has 2 N–H and O–H groups in total. The van der Waals surface area contributed by atoms with Gasteiger partial charge in [-0.05, 0) is 19.2 Å². The number of hydrogen-bond donors (Lipinski definition) is 1. The molecule has 0 aromatic heterocycles. The van der Waals surface area contributed by atoms with Gasteiger partial charge in [0.1, 0.15) is 5.75 Å². The molecule has 0 bridgehead atoms. The van der Waals surface area contributed by atoms with Gasteiger partial charge in [-0.3, -0.25) is 4.90 Å². The van der Waals surface area contributed by atoms with Gasteiger partial charge in [0.05, 0.1) is 12.3 Å². The number of fused-ring (bicyclic) bond motifs is 1. The van der Waals surface area contributed by atoms with Crippen LogP contribution < -0.4 is 10.5 Å². The number of rotatable bonds is 3. The molecule has 0 aliphatic carbocycles. The van der Waals surface area contributed by atoms with Gasteiger partial charge in [-0.2, -0.15) is 0 Å². The summed E-state index contributed by atoms with van der Waals surface area (Å²) < 4.78 is 5.67. The van der Waals surface area contributed by atoms with Crippen molar-refractivity contribution in [1.82, 2.24) is 4.90 Å². The fourth-order valence-electron chi connectivity index (χ4n) is 2.47. The third kappa shape index (κ3) is 1.87. The van der Waals surface area contributed by atoms with E-state index in [1.165, 1.54) is 5.56 Å². The molecule has 1 unspecified atom stereocenters. The molecule has 88 valence electrons. The number of anilines is 1. The summed E-state index contributed by atoms with van der Waals surface area (Å²) in [6.45, 7) is 7.29. The van der Waals surface area contributed by atoms with Crippen molar-refractivity contribution in [2.45, 2.75) is 26.3 Å². The summed E-state index contributed by atoms with van der Waals surface area (Å²) in [6.07, 6.45) is 1.05. The SMILES string of the molecule is CCN(CC)C1CCOc2c(N)cccc21. The predicted octanol–water partition coefficient (Wildman–Crippen LogP) is 2.43. The van der Waals surface area contributed by atoms with Gasteiger partial charge in [-0.25, -0.2) is 0 Å². The predicted molar refractivity (Wildman–Crippen MR) is 66.6 cm³/mol. The van der Waals surface area contributed by atoms with E-state index in [1.807, 2.05) is 12.1 Å². The van der Waals surface area contributed by atoms with Crippen LogP contribution in [0.3, 0.4) is 0 Å². The lowest BCUT2D eigenvalue weighted by Gasteiger charge is -2.34. The zero-order valence-electron chi connectivity index (χ0n) is 10.1. The molecule has 1 aromatic carbocycles. The molecule has 1 heterocycles. The van der Waals surface area contributed by atoms with Crippen LogP contribution in [-0.4, -0.2) is 24.6 Å². The zero-order valence-corrected chi connectivity index (χ0v) is 10.1. The first kappa shape index (κ1) is 11.3. The molecule has 3 nitrogen and oxygen atoms in total. The molecular formula is C13H20N2O. The summed E-state index contributed by atoms with van der Waals surface area (Å²) in [5.41, 5.74) is 7.95. The Morgan fingerprint density at radius 3 is 2.81 bits per heavy atom. The molecule has 0 radical (unpaired) electrons. The van der Waals surface area contributed by atoms with E-state index >= 15 is 0 Å². The lowest BCUT2D eigenvalue weighted by Crippen LogP contribution is -2.32. The molecule has 0 amide bonds. The van der Waals surface area contributed by atoms with E-state index in [-0.39, 0.29) is 0 Å². The molecule has 1 aromatic rings. The van der Waals surface area contributed by atoms with E-state index in [2.05, 4.69) is 24.8 Å². The number of nitrogens with two attached hydrogens (primary N) is 1. The van der Waals surface area contributed by atoms with Crippen molar-refractivity contribution < 1.29 is 4.74 Å². The summed E-state index contributed by atoms with van der Waals surface area (Å²) in [5, 5.41) is 0. The van der Waals surface area contributed by atoms with Crippen LogP contribution in [0.4, 0.5) is 5.69 Å². The van der Waals surface area contributed by atoms with E-state index < -0.39 is 0 Å². The van der Waals surface area contributed by atoms with Gasteiger partial charge in [-0.15, -0.1) is 0 Å². The lowest BCUT2D eigenvalue weighted by molar-refractivity contribution is 0.152. The van der Waals surface area contributed by atoms with Crippen LogP contribution in [0.2, 0.25) is 0 Å². The van der Waals surface area contributed by atoms with Crippen LogP contribution in [0, 0.1) is 0 Å². The number of nitrogens with zero attached hydrogens (tertiary/aromatic N) is 1. The maximum Gasteiger partial charge on any atom is 0.146 e. The average Bonchev–Trinajstić information content (AvgIpc) is 2.32. The van der Waals surface area contributed by atoms with Crippen LogP contribution in [0.5, 0.6) is 5.75 Å². The maximum absolute atomic E-state index is 5.94. The monoisotopic (exact) mass is 220 g/mol. The van der Waals surface area contributed by atoms with Crippen LogP contribution in [0.25, 0.3) is 0 Å². The summed E-state index contributed by atoms with van der Waals surface area (Å²) >= 11 is 0. The Kier molecular flexibility index (Phi) is 3.34. The quantitative estimate of drug-likeness (QED) is 0.795. The average molecular weight is 220 g/mol. The van der Waals surface area contributed by atoms with Gasteiger partial charge in [0.15, 0.2) is 0 Å². The van der Waals surface area contributed by atoms with Crippen molar-refractivity contribution in [3.63, 3.8) is 0 Å². The highest BCUT2D eigenvalue weighted by molar-refractivity contribution is 5.58. The van der Waals surface area contributed by atoms with Crippen molar-refractivity contribution in [2.24, 2.45) is 0 Å². The van der Waals surface area contributed by atoms with Crippen LogP contribution in [0.15, 0.2) is 18.2 Å². The van der Waals surface area contributed by atoms with Gasteiger partial charge in [0, 0.05) is 18.0 Å². The third-order valence-corrected chi connectivity index (χ3v) is 3.33. The second-order valence-corrected chi connectivity index (χ2v) is 4.14. The molecule has 0 saturated carbocycles. The molecule has 1 aliphatic heterocycles. The first-order chi connectivity index (χ1) is 7.77. The van der Waals surface area contributed by atoms with E-state index in [0.717, 1.165) is 37.6 Å². The number of hydrogen-bond acceptors (Lipinski definition) is 3. The molecule has 0 saturated heterocycles. The minimum absolute atomic E-state index is 0.460. The molecule has 16 heavy (non-hydrogen) atoms. The van der Waals surface area contributed by atoms with Crippen molar-refractivity contribution in [1.29, 1.82) is 0 Å². The second kappa shape index (κ2) is 4.74. The second-order valence-electron chi connectivity index (χ2n) is 4.14. The minimum atomic E-state index is 0.460. The number of benzene rings is 1. The highest BCUT2D eigenvalue weighted by Crippen LogP contribution is 2.39. The highest BCUT2D eigenvalue weighted by Gasteiger charge is 2.26. The van der Waals surface area contributed by atoms with Crippen LogP contribution >= 0.6 is 0 Å². The Labute approximate surface area is 97.2 Å². The van der Waals surface area contributed by atoms with Gasteiger partial charge in [0.25, 0.3) is 0 Å². The topological polar surface area (TPSA) is 38.5 Å². The smallest absolute Gasteiger partial charge is 0.146 e. The molecule has 0 spiro atoms. The highest BCUT2D eigenvalue weighted by atomic mass is 16.5. The molecule has 0 fully saturated rings. The standard InChI is InChI=1S/C13H20N2O/c1-3-15(4-2)12-8-9-16-13-10(12)6-5-7-11(13)14/h5-7,12H,3-4,8-9,14H2,1-2H3. The van der Waals surface area contributed by atoms with Crippen LogP contribution in [-0.2, 0) is 0 Å².